The fourth-order valence-electron chi connectivity index (χ4n) is 4.01. The molecule has 7 heteroatoms. The van der Waals surface area contributed by atoms with E-state index in [1.54, 1.807) is 0 Å². The molecule has 0 unspecified atom stereocenters. The number of hydrogen-bond donors (Lipinski definition) is 0. The summed E-state index contributed by atoms with van der Waals surface area (Å²) in [6.07, 6.45) is 7.72. The average Bonchev–Trinajstić information content (AvgIpc) is 3.31. The van der Waals surface area contributed by atoms with Crippen LogP contribution in [0.15, 0.2) is 24.4 Å². The molecule has 136 valence electrons. The Morgan fingerprint density at radius 1 is 1.00 bits per heavy atom. The van der Waals surface area contributed by atoms with E-state index >= 15 is 0 Å². The van der Waals surface area contributed by atoms with Crippen LogP contribution in [0.3, 0.4) is 0 Å². The van der Waals surface area contributed by atoms with Crippen LogP contribution in [0, 0.1) is 0 Å². The van der Waals surface area contributed by atoms with Gasteiger partial charge in [0.05, 0.1) is 5.69 Å². The second-order valence-corrected chi connectivity index (χ2v) is 7.67. The molecule has 0 N–H and O–H groups in total. The van der Waals surface area contributed by atoms with Crippen LogP contribution < -0.4 is 0 Å². The highest BCUT2D eigenvalue weighted by Crippen LogP contribution is 2.39. The van der Waals surface area contributed by atoms with Crippen LogP contribution in [0.5, 0.6) is 0 Å². The van der Waals surface area contributed by atoms with Gasteiger partial charge in [-0.15, -0.1) is 10.2 Å². The number of rotatable bonds is 5. The molecule has 3 aromatic heterocycles. The molecular weight excluding hydrogens is 326 g/mol. The van der Waals surface area contributed by atoms with Gasteiger partial charge in [-0.1, -0.05) is 0 Å². The van der Waals surface area contributed by atoms with Crippen molar-refractivity contribution in [3.8, 4) is 0 Å². The first-order valence-corrected chi connectivity index (χ1v) is 9.69. The average molecular weight is 351 g/mol. The molecule has 1 saturated carbocycles. The Bertz CT molecular complexity index is 900. The lowest BCUT2D eigenvalue weighted by atomic mass is 9.96. The van der Waals surface area contributed by atoms with Gasteiger partial charge in [0, 0.05) is 43.7 Å². The van der Waals surface area contributed by atoms with E-state index in [1.165, 1.54) is 24.2 Å². The van der Waals surface area contributed by atoms with Gasteiger partial charge in [0.15, 0.2) is 11.5 Å². The zero-order valence-electron chi connectivity index (χ0n) is 15.3. The van der Waals surface area contributed by atoms with Gasteiger partial charge in [0.25, 0.3) is 0 Å². The molecule has 2 aliphatic rings. The van der Waals surface area contributed by atoms with Crippen molar-refractivity contribution in [3.05, 3.63) is 41.6 Å². The van der Waals surface area contributed by atoms with E-state index < -0.39 is 0 Å². The van der Waals surface area contributed by atoms with E-state index in [1.807, 2.05) is 22.4 Å². The highest BCUT2D eigenvalue weighted by Gasteiger charge is 2.28. The zero-order valence-corrected chi connectivity index (χ0v) is 15.3. The van der Waals surface area contributed by atoms with Gasteiger partial charge in [0.2, 0.25) is 0 Å². The van der Waals surface area contributed by atoms with Gasteiger partial charge in [-0.05, 0) is 57.0 Å². The summed E-state index contributed by atoms with van der Waals surface area (Å²) in [4.78, 5) is 2.55. The Balaban J connectivity index is 1.24. The summed E-state index contributed by atoms with van der Waals surface area (Å²) in [5.41, 5.74) is 3.38. The van der Waals surface area contributed by atoms with E-state index in [-0.39, 0.29) is 0 Å². The molecule has 0 bridgehead atoms. The smallest absolute Gasteiger partial charge is 0.177 e. The summed E-state index contributed by atoms with van der Waals surface area (Å²) in [6, 6.07) is 6.30. The number of fused-ring (bicyclic) bond motifs is 1. The van der Waals surface area contributed by atoms with E-state index in [0.717, 1.165) is 50.4 Å². The minimum Gasteiger partial charge on any atom is -0.303 e. The van der Waals surface area contributed by atoms with Crippen LogP contribution >= 0.6 is 0 Å². The van der Waals surface area contributed by atoms with Crippen LogP contribution in [-0.2, 0) is 13.5 Å². The van der Waals surface area contributed by atoms with Gasteiger partial charge in [0.1, 0.15) is 0 Å². The molecule has 0 radical (unpaired) electrons. The third-order valence-corrected chi connectivity index (χ3v) is 5.86. The number of nitrogens with zero attached hydrogens (tertiary/aromatic N) is 7. The molecule has 1 saturated heterocycles. The van der Waals surface area contributed by atoms with E-state index in [2.05, 4.69) is 38.4 Å². The first-order chi connectivity index (χ1) is 12.8. The SMILES string of the molecule is Cn1nccc1CCN1CCC(c2nnc3ccc(C4CC4)nn23)CC1. The van der Waals surface area contributed by atoms with Crippen molar-refractivity contribution in [1.29, 1.82) is 0 Å². The number of likely N-dealkylation sites (tertiary alicyclic amines) is 1. The van der Waals surface area contributed by atoms with E-state index in [4.69, 9.17) is 5.10 Å². The molecule has 5 rings (SSSR count). The van der Waals surface area contributed by atoms with Crippen molar-refractivity contribution in [2.45, 2.75) is 43.9 Å². The van der Waals surface area contributed by atoms with Crippen LogP contribution in [-0.4, -0.2) is 54.1 Å². The highest BCUT2D eigenvalue weighted by molar-refractivity contribution is 5.38. The maximum atomic E-state index is 4.84. The summed E-state index contributed by atoms with van der Waals surface area (Å²) in [6.45, 7) is 3.32. The second-order valence-electron chi connectivity index (χ2n) is 7.67. The molecule has 0 spiro atoms. The highest BCUT2D eigenvalue weighted by atomic mass is 15.4. The largest absolute Gasteiger partial charge is 0.303 e. The predicted molar refractivity (Wildman–Crippen MR) is 98.1 cm³/mol. The summed E-state index contributed by atoms with van der Waals surface area (Å²) in [7, 11) is 2.01. The molecule has 7 nitrogen and oxygen atoms in total. The number of aromatic nitrogens is 6. The van der Waals surface area contributed by atoms with Crippen molar-refractivity contribution in [1.82, 2.24) is 34.5 Å². The van der Waals surface area contributed by atoms with Crippen LogP contribution in [0.4, 0.5) is 0 Å². The fourth-order valence-corrected chi connectivity index (χ4v) is 4.01. The minimum atomic E-state index is 0.458. The Labute approximate surface area is 153 Å². The van der Waals surface area contributed by atoms with Crippen molar-refractivity contribution in [2.75, 3.05) is 19.6 Å². The Hall–Kier alpha value is -2.28. The third-order valence-electron chi connectivity index (χ3n) is 5.86. The third kappa shape index (κ3) is 3.00. The Kier molecular flexibility index (Phi) is 3.96. The summed E-state index contributed by atoms with van der Waals surface area (Å²) >= 11 is 0. The molecule has 0 amide bonds. The maximum absolute atomic E-state index is 4.84. The van der Waals surface area contributed by atoms with Gasteiger partial charge in [-0.25, -0.2) is 0 Å². The number of hydrogen-bond acceptors (Lipinski definition) is 5. The van der Waals surface area contributed by atoms with Crippen molar-refractivity contribution >= 4 is 5.65 Å². The first kappa shape index (κ1) is 15.9. The maximum Gasteiger partial charge on any atom is 0.177 e. The molecular formula is C19H25N7. The topological polar surface area (TPSA) is 64.1 Å². The van der Waals surface area contributed by atoms with Crippen LogP contribution in [0.1, 0.15) is 54.7 Å². The normalized spacial score (nSPS) is 19.4. The number of piperidine rings is 1. The monoisotopic (exact) mass is 351 g/mol. The summed E-state index contributed by atoms with van der Waals surface area (Å²) in [5, 5.41) is 17.9. The predicted octanol–water partition coefficient (Wildman–Crippen LogP) is 2.16. The number of aryl methyl sites for hydroxylation is 1. The Morgan fingerprint density at radius 2 is 1.85 bits per heavy atom. The molecule has 26 heavy (non-hydrogen) atoms. The molecule has 0 aromatic carbocycles. The van der Waals surface area contributed by atoms with Gasteiger partial charge in [-0.2, -0.15) is 14.7 Å². The minimum absolute atomic E-state index is 0.458. The summed E-state index contributed by atoms with van der Waals surface area (Å²) in [5.74, 6) is 2.16. The lowest BCUT2D eigenvalue weighted by molar-refractivity contribution is 0.209. The second kappa shape index (κ2) is 6.46. The van der Waals surface area contributed by atoms with Crippen molar-refractivity contribution < 1.29 is 0 Å². The van der Waals surface area contributed by atoms with Gasteiger partial charge < -0.3 is 4.90 Å². The van der Waals surface area contributed by atoms with E-state index in [9.17, 15) is 0 Å². The van der Waals surface area contributed by atoms with E-state index in [0.29, 0.717) is 11.8 Å². The van der Waals surface area contributed by atoms with Crippen molar-refractivity contribution in [2.24, 2.45) is 7.05 Å². The fraction of sp³-hybridized carbons (Fsp3) is 0.579. The van der Waals surface area contributed by atoms with Crippen LogP contribution in [0.2, 0.25) is 0 Å². The quantitative estimate of drug-likeness (QED) is 0.705. The van der Waals surface area contributed by atoms with Gasteiger partial charge >= 0.3 is 0 Å². The lowest BCUT2D eigenvalue weighted by Gasteiger charge is -2.30. The molecule has 2 fully saturated rings. The first-order valence-electron chi connectivity index (χ1n) is 9.69. The summed E-state index contributed by atoms with van der Waals surface area (Å²) < 4.78 is 3.97. The molecule has 4 heterocycles. The molecule has 3 aromatic rings. The Morgan fingerprint density at radius 3 is 2.58 bits per heavy atom. The van der Waals surface area contributed by atoms with Crippen molar-refractivity contribution in [3.63, 3.8) is 0 Å². The van der Waals surface area contributed by atoms with Gasteiger partial charge in [-0.3, -0.25) is 4.68 Å². The zero-order chi connectivity index (χ0) is 17.5. The molecule has 1 aliphatic carbocycles. The molecule has 1 aliphatic heterocycles. The molecule has 0 atom stereocenters. The van der Waals surface area contributed by atoms with Crippen LogP contribution in [0.25, 0.3) is 5.65 Å². The lowest BCUT2D eigenvalue weighted by Crippen LogP contribution is -2.35. The standard InChI is InChI=1S/C19H25N7/c1-24-16(6-10-20-24)9-13-25-11-7-15(8-12-25)19-22-21-18-5-4-17(14-2-3-14)23-26(18)19/h4-6,10,14-15H,2-3,7-9,11-13H2,1H3.